The van der Waals surface area contributed by atoms with Crippen molar-refractivity contribution in [3.8, 4) is 0 Å². The maximum Gasteiger partial charge on any atom is 0.140 e. The molecule has 0 rings (SSSR count). The number of nitrogens with zero attached hydrogens (tertiary/aromatic N) is 6. The first-order chi connectivity index (χ1) is 9.20. The van der Waals surface area contributed by atoms with Gasteiger partial charge in [-0.1, -0.05) is 10.2 Å². The van der Waals surface area contributed by atoms with Crippen molar-refractivity contribution in [2.75, 3.05) is 13.1 Å². The predicted molar refractivity (Wildman–Crippen MR) is 70.4 cm³/mol. The molecule has 104 valence electrons. The zero-order valence-corrected chi connectivity index (χ0v) is 10.9. The number of unbranched alkanes of at least 4 members (excludes halogenated alkanes) is 2. The SMILES string of the molecule is [N-]=[N+]=NCCCCC(=O)CC(=O)CCCCN=[N+]=[N-]. The molecule has 8 nitrogen and oxygen atoms in total. The predicted octanol–water partition coefficient (Wildman–Crippen LogP) is 3.48. The Morgan fingerprint density at radius 3 is 1.58 bits per heavy atom. The van der Waals surface area contributed by atoms with Crippen LogP contribution in [0.2, 0.25) is 0 Å². The standard InChI is InChI=1S/C11H18N6O2/c12-16-14-7-3-1-5-10(18)9-11(19)6-2-4-8-15-17-13/h1-9H2. The van der Waals surface area contributed by atoms with E-state index in [-0.39, 0.29) is 18.0 Å². The van der Waals surface area contributed by atoms with Crippen LogP contribution >= 0.6 is 0 Å². The summed E-state index contributed by atoms with van der Waals surface area (Å²) in [5.74, 6) is -0.137. The lowest BCUT2D eigenvalue weighted by Gasteiger charge is -2.00. The van der Waals surface area contributed by atoms with E-state index in [0.717, 1.165) is 0 Å². The second-order valence-electron chi connectivity index (χ2n) is 4.08. The second kappa shape index (κ2) is 12.4. The van der Waals surface area contributed by atoms with Gasteiger partial charge in [0.1, 0.15) is 11.6 Å². The van der Waals surface area contributed by atoms with Gasteiger partial charge in [0.15, 0.2) is 0 Å². The highest BCUT2D eigenvalue weighted by atomic mass is 16.1. The van der Waals surface area contributed by atoms with Crippen LogP contribution in [0.3, 0.4) is 0 Å². The summed E-state index contributed by atoms with van der Waals surface area (Å²) in [7, 11) is 0. The molecule has 0 spiro atoms. The van der Waals surface area contributed by atoms with E-state index in [9.17, 15) is 9.59 Å². The maximum absolute atomic E-state index is 11.4. The fraction of sp³-hybridized carbons (Fsp3) is 0.818. The van der Waals surface area contributed by atoms with E-state index in [1.165, 1.54) is 0 Å². The second-order valence-corrected chi connectivity index (χ2v) is 4.08. The van der Waals surface area contributed by atoms with Gasteiger partial charge in [0, 0.05) is 35.8 Å². The minimum Gasteiger partial charge on any atom is -0.299 e. The summed E-state index contributed by atoms with van der Waals surface area (Å²) in [6.45, 7) is 0.772. The third-order valence-electron chi connectivity index (χ3n) is 2.45. The molecule has 0 atom stereocenters. The maximum atomic E-state index is 11.4. The Morgan fingerprint density at radius 1 is 0.789 bits per heavy atom. The van der Waals surface area contributed by atoms with Gasteiger partial charge in [-0.15, -0.1) is 0 Å². The van der Waals surface area contributed by atoms with E-state index in [2.05, 4.69) is 20.1 Å². The van der Waals surface area contributed by atoms with E-state index < -0.39 is 0 Å². The molecule has 0 saturated heterocycles. The molecule has 0 aromatic carbocycles. The van der Waals surface area contributed by atoms with Crippen molar-refractivity contribution < 1.29 is 9.59 Å². The first-order valence-corrected chi connectivity index (χ1v) is 6.25. The zero-order chi connectivity index (χ0) is 14.3. The van der Waals surface area contributed by atoms with E-state index in [0.29, 0.717) is 51.6 Å². The van der Waals surface area contributed by atoms with E-state index in [4.69, 9.17) is 11.1 Å². The molecular weight excluding hydrogens is 248 g/mol. The Labute approximate surface area is 111 Å². The Bertz CT molecular complexity index is 347. The summed E-state index contributed by atoms with van der Waals surface area (Å²) < 4.78 is 0. The van der Waals surface area contributed by atoms with Crippen molar-refractivity contribution in [3.63, 3.8) is 0 Å². The average Bonchev–Trinajstić information content (AvgIpc) is 2.38. The van der Waals surface area contributed by atoms with Crippen LogP contribution in [0.5, 0.6) is 0 Å². The minimum atomic E-state index is -0.0685. The number of rotatable bonds is 12. The van der Waals surface area contributed by atoms with Gasteiger partial charge < -0.3 is 0 Å². The molecule has 8 heteroatoms. The van der Waals surface area contributed by atoms with Crippen molar-refractivity contribution in [1.82, 2.24) is 0 Å². The van der Waals surface area contributed by atoms with Crippen molar-refractivity contribution >= 4 is 11.6 Å². The van der Waals surface area contributed by atoms with Crippen LogP contribution in [0.25, 0.3) is 20.9 Å². The first-order valence-electron chi connectivity index (χ1n) is 6.25. The molecule has 0 saturated carbocycles. The highest BCUT2D eigenvalue weighted by Gasteiger charge is 2.08. The summed E-state index contributed by atoms with van der Waals surface area (Å²) >= 11 is 0. The van der Waals surface area contributed by atoms with E-state index in [1.807, 2.05) is 0 Å². The third kappa shape index (κ3) is 12.2. The van der Waals surface area contributed by atoms with Gasteiger partial charge in [-0.3, -0.25) is 9.59 Å². The smallest absolute Gasteiger partial charge is 0.140 e. The third-order valence-corrected chi connectivity index (χ3v) is 2.45. The normalized spacial score (nSPS) is 9.26. The number of hydrogen-bond donors (Lipinski definition) is 0. The summed E-state index contributed by atoms with van der Waals surface area (Å²) in [4.78, 5) is 28.1. The molecule has 0 N–H and O–H groups in total. The van der Waals surface area contributed by atoms with Crippen molar-refractivity contribution in [3.05, 3.63) is 20.9 Å². The Balaban J connectivity index is 3.54. The lowest BCUT2D eigenvalue weighted by molar-refractivity contribution is -0.127. The minimum absolute atomic E-state index is 0.0248. The van der Waals surface area contributed by atoms with Crippen LogP contribution in [0.4, 0.5) is 0 Å². The van der Waals surface area contributed by atoms with Gasteiger partial charge in [-0.2, -0.15) is 0 Å². The van der Waals surface area contributed by atoms with Crippen molar-refractivity contribution in [1.29, 1.82) is 0 Å². The highest BCUT2D eigenvalue weighted by molar-refractivity contribution is 5.98. The van der Waals surface area contributed by atoms with E-state index in [1.54, 1.807) is 0 Å². The van der Waals surface area contributed by atoms with Crippen LogP contribution in [-0.4, -0.2) is 24.7 Å². The quantitative estimate of drug-likeness (QED) is 0.176. The number of hydrogen-bond acceptors (Lipinski definition) is 4. The molecular formula is C11H18N6O2. The molecule has 0 amide bonds. The van der Waals surface area contributed by atoms with Crippen LogP contribution in [0.15, 0.2) is 10.2 Å². The van der Waals surface area contributed by atoms with Gasteiger partial charge >= 0.3 is 0 Å². The summed E-state index contributed by atoms with van der Waals surface area (Å²) in [6.07, 6.45) is 3.29. The van der Waals surface area contributed by atoms with Crippen LogP contribution < -0.4 is 0 Å². The van der Waals surface area contributed by atoms with Gasteiger partial charge in [0.25, 0.3) is 0 Å². The fourth-order valence-electron chi connectivity index (χ4n) is 1.50. The highest BCUT2D eigenvalue weighted by Crippen LogP contribution is 2.04. The molecule has 0 fully saturated rings. The van der Waals surface area contributed by atoms with Crippen LogP contribution in [-0.2, 0) is 9.59 Å². The fourth-order valence-corrected chi connectivity index (χ4v) is 1.50. The molecule has 0 aliphatic rings. The van der Waals surface area contributed by atoms with Crippen molar-refractivity contribution in [2.45, 2.75) is 44.9 Å². The van der Waals surface area contributed by atoms with Gasteiger partial charge in [-0.05, 0) is 36.7 Å². The number of ketones is 2. The lowest BCUT2D eigenvalue weighted by atomic mass is 10.0. The molecule has 0 heterocycles. The molecule has 19 heavy (non-hydrogen) atoms. The summed E-state index contributed by atoms with van der Waals surface area (Å²) in [6, 6.07) is 0. The summed E-state index contributed by atoms with van der Waals surface area (Å²) in [5.41, 5.74) is 16.1. The van der Waals surface area contributed by atoms with E-state index >= 15 is 0 Å². The van der Waals surface area contributed by atoms with Gasteiger partial charge in [-0.25, -0.2) is 0 Å². The topological polar surface area (TPSA) is 132 Å². The molecule has 0 aliphatic carbocycles. The number of Topliss-reactive ketones (excluding diaryl/α,β-unsaturated/α-hetero) is 2. The van der Waals surface area contributed by atoms with Gasteiger partial charge in [0.2, 0.25) is 0 Å². The molecule has 0 bridgehead atoms. The molecule has 0 aliphatic heterocycles. The molecule has 0 unspecified atom stereocenters. The van der Waals surface area contributed by atoms with Crippen molar-refractivity contribution in [2.24, 2.45) is 10.2 Å². The van der Waals surface area contributed by atoms with Crippen LogP contribution in [0.1, 0.15) is 44.9 Å². The Hall–Kier alpha value is -2.04. The number of carbonyl (C=O) groups excluding carboxylic acids is 2. The first kappa shape index (κ1) is 17.0. The average molecular weight is 266 g/mol. The molecule has 0 aromatic heterocycles. The lowest BCUT2D eigenvalue weighted by Crippen LogP contribution is -2.07. The largest absolute Gasteiger partial charge is 0.299 e. The Kier molecular flexibility index (Phi) is 11.1. The number of azide groups is 2. The van der Waals surface area contributed by atoms with Crippen LogP contribution in [0, 0.1) is 0 Å². The molecule has 0 radical (unpaired) electrons. The van der Waals surface area contributed by atoms with Gasteiger partial charge in [0.05, 0.1) is 6.42 Å². The molecule has 0 aromatic rings. The summed E-state index contributed by atoms with van der Waals surface area (Å²) in [5, 5.41) is 6.73. The number of carbonyl (C=O) groups is 2. The zero-order valence-electron chi connectivity index (χ0n) is 10.9. The Morgan fingerprint density at radius 2 is 1.21 bits per heavy atom. The monoisotopic (exact) mass is 266 g/mol.